The number of fused-ring (bicyclic) bond motifs is 1. The second-order valence-corrected chi connectivity index (χ2v) is 7.29. The minimum atomic E-state index is -0.0395. The van der Waals surface area contributed by atoms with Gasteiger partial charge in [-0.2, -0.15) is 0 Å². The Kier molecular flexibility index (Phi) is 4.40. The maximum atomic E-state index is 9.89. The number of rotatable bonds is 4. The Morgan fingerprint density at radius 2 is 1.79 bits per heavy atom. The first-order valence-electron chi connectivity index (χ1n) is 8.84. The predicted molar refractivity (Wildman–Crippen MR) is 95.6 cm³/mol. The van der Waals surface area contributed by atoms with Crippen LogP contribution < -0.4 is 0 Å². The lowest BCUT2D eigenvalue weighted by molar-refractivity contribution is -0.0561. The molecule has 0 aliphatic carbocycles. The molecule has 2 aliphatic rings. The average Bonchev–Trinajstić information content (AvgIpc) is 3.01. The first-order chi connectivity index (χ1) is 11.8. The van der Waals surface area contributed by atoms with Crippen LogP contribution >= 0.6 is 0 Å². The van der Waals surface area contributed by atoms with E-state index >= 15 is 0 Å². The number of likely N-dealkylation sites (tertiary alicyclic amines) is 1. The molecule has 3 heteroatoms. The van der Waals surface area contributed by atoms with Gasteiger partial charge in [-0.25, -0.2) is 0 Å². The third kappa shape index (κ3) is 3.00. The number of hydrogen-bond donors (Lipinski definition) is 1. The van der Waals surface area contributed by atoms with Gasteiger partial charge in [-0.05, 0) is 29.0 Å². The first kappa shape index (κ1) is 15.8. The molecule has 2 aliphatic heterocycles. The summed E-state index contributed by atoms with van der Waals surface area (Å²) in [6.45, 7) is 4.75. The average molecular weight is 323 g/mol. The molecule has 0 saturated carbocycles. The Balaban J connectivity index is 1.45. The van der Waals surface area contributed by atoms with E-state index in [1.54, 1.807) is 0 Å². The monoisotopic (exact) mass is 323 g/mol. The van der Waals surface area contributed by atoms with Crippen molar-refractivity contribution in [1.82, 2.24) is 4.90 Å². The fourth-order valence-electron chi connectivity index (χ4n) is 4.24. The van der Waals surface area contributed by atoms with Crippen LogP contribution in [0.1, 0.15) is 12.0 Å². The molecular weight excluding hydrogens is 298 g/mol. The molecule has 0 spiro atoms. The highest BCUT2D eigenvalue weighted by atomic mass is 16.5. The topological polar surface area (TPSA) is 32.7 Å². The summed E-state index contributed by atoms with van der Waals surface area (Å²) in [5.74, 6) is 0.569. The molecule has 0 amide bonds. The molecule has 2 heterocycles. The van der Waals surface area contributed by atoms with E-state index in [0.29, 0.717) is 12.5 Å². The normalized spacial score (nSPS) is 27.1. The molecule has 1 N–H and O–H groups in total. The lowest BCUT2D eigenvalue weighted by Crippen LogP contribution is -2.42. The lowest BCUT2D eigenvalue weighted by atomic mass is 9.76. The summed E-state index contributed by atoms with van der Waals surface area (Å²) in [6, 6.07) is 19.4. The smallest absolute Gasteiger partial charge is 0.0559 e. The van der Waals surface area contributed by atoms with Crippen molar-refractivity contribution in [2.45, 2.75) is 13.0 Å². The summed E-state index contributed by atoms with van der Waals surface area (Å²) in [4.78, 5) is 2.48. The van der Waals surface area contributed by atoms with Crippen molar-refractivity contribution in [3.8, 4) is 11.1 Å². The van der Waals surface area contributed by atoms with Crippen LogP contribution in [0.4, 0.5) is 0 Å². The Bertz CT molecular complexity index is 670. The van der Waals surface area contributed by atoms with Crippen LogP contribution in [0.5, 0.6) is 0 Å². The van der Waals surface area contributed by atoms with Gasteiger partial charge < -0.3 is 9.84 Å². The molecule has 2 fully saturated rings. The predicted octanol–water partition coefficient (Wildman–Crippen LogP) is 3.18. The van der Waals surface area contributed by atoms with E-state index in [4.69, 9.17) is 4.74 Å². The van der Waals surface area contributed by atoms with E-state index in [1.807, 2.05) is 6.07 Å². The second-order valence-electron chi connectivity index (χ2n) is 7.29. The van der Waals surface area contributed by atoms with Gasteiger partial charge in [0.1, 0.15) is 0 Å². The molecule has 24 heavy (non-hydrogen) atoms. The Labute approximate surface area is 143 Å². The summed E-state index contributed by atoms with van der Waals surface area (Å²) >= 11 is 0. The van der Waals surface area contributed by atoms with Crippen LogP contribution in [0.2, 0.25) is 0 Å². The number of hydrogen-bond acceptors (Lipinski definition) is 3. The van der Waals surface area contributed by atoms with E-state index in [9.17, 15) is 5.11 Å². The third-order valence-corrected chi connectivity index (χ3v) is 5.67. The van der Waals surface area contributed by atoms with Crippen molar-refractivity contribution in [3.63, 3.8) is 0 Å². The maximum Gasteiger partial charge on any atom is 0.0559 e. The largest absolute Gasteiger partial charge is 0.396 e. The van der Waals surface area contributed by atoms with Crippen molar-refractivity contribution < 1.29 is 9.84 Å². The van der Waals surface area contributed by atoms with E-state index in [-0.39, 0.29) is 12.0 Å². The van der Waals surface area contributed by atoms with Crippen molar-refractivity contribution in [2.75, 3.05) is 32.9 Å². The quantitative estimate of drug-likeness (QED) is 0.938. The summed E-state index contributed by atoms with van der Waals surface area (Å²) in [5, 5.41) is 9.89. The molecule has 2 saturated heterocycles. The molecule has 2 atom stereocenters. The molecule has 0 bridgehead atoms. The van der Waals surface area contributed by atoms with Crippen molar-refractivity contribution in [1.29, 1.82) is 0 Å². The van der Waals surface area contributed by atoms with Gasteiger partial charge in [-0.1, -0.05) is 54.6 Å². The van der Waals surface area contributed by atoms with Crippen LogP contribution in [0, 0.1) is 11.3 Å². The fraction of sp³-hybridized carbons (Fsp3) is 0.429. The lowest BCUT2D eigenvalue weighted by Gasteiger charge is -2.36. The second kappa shape index (κ2) is 6.67. The highest BCUT2D eigenvalue weighted by molar-refractivity contribution is 5.63. The zero-order chi connectivity index (χ0) is 16.4. The molecule has 0 aromatic heterocycles. The van der Waals surface area contributed by atoms with Crippen LogP contribution in [0.15, 0.2) is 54.6 Å². The SMILES string of the molecule is OC[C@]12COCC[C@H]1CN(Cc1ccc(-c3ccccc3)cc1)C2. The maximum absolute atomic E-state index is 9.89. The Morgan fingerprint density at radius 3 is 2.50 bits per heavy atom. The molecule has 126 valence electrons. The van der Waals surface area contributed by atoms with E-state index in [0.717, 1.165) is 32.7 Å². The Morgan fingerprint density at radius 1 is 1.04 bits per heavy atom. The zero-order valence-electron chi connectivity index (χ0n) is 14.0. The van der Waals surface area contributed by atoms with Gasteiger partial charge in [0.15, 0.2) is 0 Å². The number of ether oxygens (including phenoxy) is 1. The summed E-state index contributed by atoms with van der Waals surface area (Å²) in [7, 11) is 0. The van der Waals surface area contributed by atoms with Crippen LogP contribution in [0.3, 0.4) is 0 Å². The fourth-order valence-corrected chi connectivity index (χ4v) is 4.24. The van der Waals surface area contributed by atoms with Gasteiger partial charge >= 0.3 is 0 Å². The minimum absolute atomic E-state index is 0.0395. The van der Waals surface area contributed by atoms with Gasteiger partial charge in [0.2, 0.25) is 0 Å². The van der Waals surface area contributed by atoms with Crippen LogP contribution in [-0.4, -0.2) is 42.9 Å². The molecule has 2 aromatic carbocycles. The summed E-state index contributed by atoms with van der Waals surface area (Å²) in [5.41, 5.74) is 3.81. The molecule has 0 radical (unpaired) electrons. The zero-order valence-corrected chi connectivity index (χ0v) is 14.0. The van der Waals surface area contributed by atoms with Crippen molar-refractivity contribution >= 4 is 0 Å². The van der Waals surface area contributed by atoms with Crippen molar-refractivity contribution in [2.24, 2.45) is 11.3 Å². The first-order valence-corrected chi connectivity index (χ1v) is 8.84. The minimum Gasteiger partial charge on any atom is -0.396 e. The van der Waals surface area contributed by atoms with Crippen LogP contribution in [0.25, 0.3) is 11.1 Å². The number of aliphatic hydroxyl groups is 1. The highest BCUT2D eigenvalue weighted by Crippen LogP contribution is 2.41. The van der Waals surface area contributed by atoms with Crippen molar-refractivity contribution in [3.05, 3.63) is 60.2 Å². The van der Waals surface area contributed by atoms with Gasteiger partial charge in [0.25, 0.3) is 0 Å². The van der Waals surface area contributed by atoms with E-state index < -0.39 is 0 Å². The van der Waals surface area contributed by atoms with E-state index in [2.05, 4.69) is 53.4 Å². The number of benzene rings is 2. The molecule has 0 unspecified atom stereocenters. The van der Waals surface area contributed by atoms with Gasteiger partial charge in [0, 0.05) is 31.7 Å². The number of nitrogens with zero attached hydrogens (tertiary/aromatic N) is 1. The van der Waals surface area contributed by atoms with Gasteiger partial charge in [-0.15, -0.1) is 0 Å². The molecule has 3 nitrogen and oxygen atoms in total. The molecular formula is C21H25NO2. The number of aliphatic hydroxyl groups excluding tert-OH is 1. The highest BCUT2D eigenvalue weighted by Gasteiger charge is 2.47. The van der Waals surface area contributed by atoms with Crippen LogP contribution in [-0.2, 0) is 11.3 Å². The van der Waals surface area contributed by atoms with Gasteiger partial charge in [0.05, 0.1) is 13.2 Å². The molecule has 2 aromatic rings. The standard InChI is InChI=1S/C21H25NO2/c23-15-21-14-22(13-20(21)10-11-24-16-21)12-17-6-8-19(9-7-17)18-4-2-1-3-5-18/h1-9,20,23H,10-16H2/t20-,21+/m0/s1. The Hall–Kier alpha value is -1.68. The van der Waals surface area contributed by atoms with Gasteiger partial charge in [-0.3, -0.25) is 4.90 Å². The molecule has 4 rings (SSSR count). The third-order valence-electron chi connectivity index (χ3n) is 5.67. The summed E-state index contributed by atoms with van der Waals surface area (Å²) < 4.78 is 5.65. The van der Waals surface area contributed by atoms with E-state index in [1.165, 1.54) is 16.7 Å². The summed E-state index contributed by atoms with van der Waals surface area (Å²) in [6.07, 6.45) is 1.07.